The van der Waals surface area contributed by atoms with Crippen LogP contribution in [0.4, 0.5) is 5.69 Å². The largest absolute Gasteiger partial charge is 0.493 e. The third kappa shape index (κ3) is 2.26. The topological polar surface area (TPSA) is 67.2 Å². The van der Waals surface area contributed by atoms with E-state index in [4.69, 9.17) is 15.0 Å². The first kappa shape index (κ1) is 14.7. The number of hydrogen-bond donors (Lipinski definition) is 0. The maximum absolute atomic E-state index is 9.00. The van der Waals surface area contributed by atoms with E-state index in [1.807, 2.05) is 6.07 Å². The molecule has 1 aromatic carbocycles. The fourth-order valence-electron chi connectivity index (χ4n) is 5.86. The summed E-state index contributed by atoms with van der Waals surface area (Å²) in [6.45, 7) is 0. The van der Waals surface area contributed by atoms with Crippen molar-refractivity contribution in [3.05, 3.63) is 28.1 Å². The monoisotopic (exact) mass is 313 g/mol. The second-order valence-electron chi connectivity index (χ2n) is 7.61. The van der Waals surface area contributed by atoms with Gasteiger partial charge in [-0.05, 0) is 84.9 Å². The van der Waals surface area contributed by atoms with Gasteiger partial charge in [0.2, 0.25) is 0 Å². The summed E-state index contributed by atoms with van der Waals surface area (Å²) in [4.78, 5) is 3.05. The van der Waals surface area contributed by atoms with E-state index in [0.29, 0.717) is 11.4 Å². The van der Waals surface area contributed by atoms with Crippen molar-refractivity contribution in [2.24, 2.45) is 22.9 Å². The Labute approximate surface area is 136 Å². The lowest BCUT2D eigenvalue weighted by atomic mass is 9.48. The molecule has 23 heavy (non-hydrogen) atoms. The van der Waals surface area contributed by atoms with Crippen LogP contribution in [0.1, 0.15) is 44.1 Å². The highest BCUT2D eigenvalue weighted by atomic mass is 16.5. The second-order valence-corrected chi connectivity index (χ2v) is 7.61. The van der Waals surface area contributed by atoms with Gasteiger partial charge < -0.3 is 9.47 Å². The van der Waals surface area contributed by atoms with E-state index in [0.717, 1.165) is 23.5 Å². The maximum Gasteiger partial charge on any atom is 0.161 e. The quantitative estimate of drug-likeness (QED) is 0.440. The summed E-state index contributed by atoms with van der Waals surface area (Å²) in [5, 5.41) is 3.99. The maximum atomic E-state index is 9.00. The first-order chi connectivity index (χ1) is 11.2. The fraction of sp³-hybridized carbons (Fsp3) is 0.667. The molecule has 4 aliphatic carbocycles. The zero-order valence-corrected chi connectivity index (χ0v) is 13.8. The van der Waals surface area contributed by atoms with Gasteiger partial charge in [-0.1, -0.05) is 5.11 Å². The molecule has 0 heterocycles. The zero-order valence-electron chi connectivity index (χ0n) is 13.8. The van der Waals surface area contributed by atoms with Crippen LogP contribution in [0, 0.1) is 17.8 Å². The highest BCUT2D eigenvalue weighted by Gasteiger charge is 2.52. The molecule has 4 saturated carbocycles. The molecule has 0 spiro atoms. The van der Waals surface area contributed by atoms with Crippen LogP contribution >= 0.6 is 0 Å². The third-order valence-corrected chi connectivity index (χ3v) is 6.26. The second kappa shape index (κ2) is 5.34. The Kier molecular flexibility index (Phi) is 3.42. The lowest BCUT2D eigenvalue weighted by Crippen LogP contribution is -2.48. The molecular formula is C18H23N3O2. The number of azide groups is 1. The van der Waals surface area contributed by atoms with Crippen molar-refractivity contribution >= 4 is 5.69 Å². The van der Waals surface area contributed by atoms with E-state index in [-0.39, 0.29) is 5.41 Å². The SMILES string of the molecule is COc1cc(N=[N+]=[N-])c(C23CC4CC(CC(C4)C2)C3)cc1OC. The smallest absolute Gasteiger partial charge is 0.161 e. The van der Waals surface area contributed by atoms with Crippen LogP contribution in [0.25, 0.3) is 10.4 Å². The van der Waals surface area contributed by atoms with Crippen molar-refractivity contribution < 1.29 is 9.47 Å². The summed E-state index contributed by atoms with van der Waals surface area (Å²) in [6, 6.07) is 3.91. The molecule has 0 aromatic heterocycles. The molecular weight excluding hydrogens is 290 g/mol. The van der Waals surface area contributed by atoms with Crippen LogP contribution in [0.5, 0.6) is 11.5 Å². The summed E-state index contributed by atoms with van der Waals surface area (Å²) >= 11 is 0. The molecule has 0 radical (unpaired) electrons. The van der Waals surface area contributed by atoms with Crippen LogP contribution < -0.4 is 9.47 Å². The number of rotatable bonds is 4. The average Bonchev–Trinajstić information content (AvgIpc) is 2.53. The fourth-order valence-corrected chi connectivity index (χ4v) is 5.86. The summed E-state index contributed by atoms with van der Waals surface area (Å²) in [5.41, 5.74) is 11.1. The van der Waals surface area contributed by atoms with Gasteiger partial charge in [-0.3, -0.25) is 0 Å². The molecule has 0 aliphatic heterocycles. The van der Waals surface area contributed by atoms with Crippen molar-refractivity contribution in [3.63, 3.8) is 0 Å². The van der Waals surface area contributed by atoms with Gasteiger partial charge in [0.25, 0.3) is 0 Å². The zero-order chi connectivity index (χ0) is 16.0. The summed E-state index contributed by atoms with van der Waals surface area (Å²) < 4.78 is 10.9. The van der Waals surface area contributed by atoms with Gasteiger partial charge in [-0.15, -0.1) is 0 Å². The molecule has 0 saturated heterocycles. The predicted octanol–water partition coefficient (Wildman–Crippen LogP) is 5.11. The highest BCUT2D eigenvalue weighted by Crippen LogP contribution is 2.62. The third-order valence-electron chi connectivity index (χ3n) is 6.26. The molecule has 122 valence electrons. The van der Waals surface area contributed by atoms with Gasteiger partial charge in [-0.2, -0.15) is 0 Å². The Hall–Kier alpha value is -1.87. The number of nitrogens with zero attached hydrogens (tertiary/aromatic N) is 3. The van der Waals surface area contributed by atoms with E-state index in [1.54, 1.807) is 14.2 Å². The van der Waals surface area contributed by atoms with Crippen LogP contribution in [0.15, 0.2) is 17.2 Å². The molecule has 4 aliphatic rings. The Morgan fingerprint density at radius 3 is 2.00 bits per heavy atom. The minimum Gasteiger partial charge on any atom is -0.493 e. The Morgan fingerprint density at radius 2 is 1.52 bits per heavy atom. The Balaban J connectivity index is 1.85. The van der Waals surface area contributed by atoms with Gasteiger partial charge in [0, 0.05) is 10.6 Å². The number of benzene rings is 1. The van der Waals surface area contributed by atoms with Gasteiger partial charge in [0.15, 0.2) is 11.5 Å². The Morgan fingerprint density at radius 1 is 1.00 bits per heavy atom. The minimum absolute atomic E-state index is 0.165. The molecule has 4 fully saturated rings. The molecule has 1 aromatic rings. The van der Waals surface area contributed by atoms with E-state index < -0.39 is 0 Å². The van der Waals surface area contributed by atoms with E-state index in [1.165, 1.54) is 44.1 Å². The van der Waals surface area contributed by atoms with Gasteiger partial charge in [0.1, 0.15) is 0 Å². The van der Waals surface area contributed by atoms with Gasteiger partial charge in [-0.25, -0.2) is 0 Å². The predicted molar refractivity (Wildman–Crippen MR) is 88.2 cm³/mol. The molecule has 0 unspecified atom stereocenters. The van der Waals surface area contributed by atoms with Crippen LogP contribution in [0.3, 0.4) is 0 Å². The molecule has 5 nitrogen and oxygen atoms in total. The van der Waals surface area contributed by atoms with Crippen LogP contribution in [0.2, 0.25) is 0 Å². The highest BCUT2D eigenvalue weighted by molar-refractivity contribution is 5.60. The van der Waals surface area contributed by atoms with Crippen molar-refractivity contribution in [3.8, 4) is 11.5 Å². The minimum atomic E-state index is 0.165. The number of methoxy groups -OCH3 is 2. The molecule has 0 atom stereocenters. The molecule has 5 rings (SSSR count). The lowest BCUT2D eigenvalue weighted by molar-refractivity contribution is -0.00500. The lowest BCUT2D eigenvalue weighted by Gasteiger charge is -2.57. The van der Waals surface area contributed by atoms with Crippen molar-refractivity contribution in [2.45, 2.75) is 43.9 Å². The average molecular weight is 313 g/mol. The van der Waals surface area contributed by atoms with Gasteiger partial charge in [0.05, 0.1) is 14.2 Å². The normalized spacial score (nSPS) is 34.1. The first-order valence-electron chi connectivity index (χ1n) is 8.49. The molecule has 5 heteroatoms. The summed E-state index contributed by atoms with van der Waals surface area (Å²) in [5.74, 6) is 3.88. The van der Waals surface area contributed by atoms with Crippen LogP contribution in [-0.2, 0) is 5.41 Å². The standard InChI is InChI=1S/C18H23N3O2/c1-22-16-6-14(15(20-21-19)7-17(16)23-2)18-8-11-3-12(9-18)5-13(4-11)10-18/h6-7,11-13H,3-5,8-10H2,1-2H3. The first-order valence-corrected chi connectivity index (χ1v) is 8.49. The van der Waals surface area contributed by atoms with Crippen LogP contribution in [-0.4, -0.2) is 14.2 Å². The van der Waals surface area contributed by atoms with E-state index in [9.17, 15) is 0 Å². The Bertz CT molecular complexity index is 644. The molecule has 0 N–H and O–H groups in total. The molecule has 0 amide bonds. The van der Waals surface area contributed by atoms with E-state index in [2.05, 4.69) is 16.1 Å². The summed E-state index contributed by atoms with van der Waals surface area (Å²) in [6.07, 6.45) is 7.85. The molecule has 4 bridgehead atoms. The number of ether oxygens (including phenoxy) is 2. The van der Waals surface area contributed by atoms with Crippen molar-refractivity contribution in [1.82, 2.24) is 0 Å². The number of hydrogen-bond acceptors (Lipinski definition) is 3. The summed E-state index contributed by atoms with van der Waals surface area (Å²) in [7, 11) is 3.27. The van der Waals surface area contributed by atoms with Gasteiger partial charge >= 0.3 is 0 Å². The van der Waals surface area contributed by atoms with Crippen molar-refractivity contribution in [1.29, 1.82) is 0 Å². The van der Waals surface area contributed by atoms with Crippen molar-refractivity contribution in [2.75, 3.05) is 14.2 Å². The van der Waals surface area contributed by atoms with E-state index >= 15 is 0 Å².